The van der Waals surface area contributed by atoms with E-state index in [1.165, 1.54) is 12.1 Å². The fourth-order valence-electron chi connectivity index (χ4n) is 3.15. The van der Waals surface area contributed by atoms with E-state index in [2.05, 4.69) is 21.3 Å². The lowest BCUT2D eigenvalue weighted by atomic mass is 10.1. The third kappa shape index (κ3) is 5.03. The van der Waals surface area contributed by atoms with E-state index in [0.717, 1.165) is 18.0 Å². The minimum absolute atomic E-state index is 0.275. The van der Waals surface area contributed by atoms with Gasteiger partial charge in [-0.05, 0) is 43.3 Å². The number of nitrogens with zero attached hydrogens (tertiary/aromatic N) is 4. The molecule has 0 radical (unpaired) electrons. The molecule has 6 nitrogen and oxygen atoms in total. The summed E-state index contributed by atoms with van der Waals surface area (Å²) in [5.74, 6) is 0.452. The number of alkyl halides is 3. The lowest BCUT2D eigenvalue weighted by Crippen LogP contribution is -2.53. The summed E-state index contributed by atoms with van der Waals surface area (Å²) in [6, 6.07) is 9.43. The molecule has 1 fully saturated rings. The van der Waals surface area contributed by atoms with Crippen LogP contribution in [-0.2, 0) is 11.0 Å². The summed E-state index contributed by atoms with van der Waals surface area (Å²) in [6.07, 6.45) is -2.81. The first-order valence-corrected chi connectivity index (χ1v) is 9.11. The van der Waals surface area contributed by atoms with Gasteiger partial charge in [0.05, 0.1) is 23.2 Å². The fraction of sp³-hybridized carbons (Fsp3) is 0.350. The number of hydrogen-bond acceptors (Lipinski definition) is 5. The molecule has 1 amide bonds. The maximum absolute atomic E-state index is 12.6. The van der Waals surface area contributed by atoms with E-state index in [1.807, 2.05) is 4.90 Å². The molecule has 2 aromatic rings. The zero-order chi connectivity index (χ0) is 21.0. The van der Waals surface area contributed by atoms with Crippen LogP contribution in [0.25, 0.3) is 0 Å². The number of piperazine rings is 1. The van der Waals surface area contributed by atoms with Crippen molar-refractivity contribution in [2.75, 3.05) is 36.4 Å². The van der Waals surface area contributed by atoms with Gasteiger partial charge in [-0.2, -0.15) is 18.4 Å². The van der Waals surface area contributed by atoms with Gasteiger partial charge < -0.3 is 10.2 Å². The highest BCUT2D eigenvalue weighted by molar-refractivity contribution is 5.94. The number of amides is 1. The number of rotatable bonds is 4. The number of pyridine rings is 1. The van der Waals surface area contributed by atoms with Crippen LogP contribution < -0.4 is 10.2 Å². The van der Waals surface area contributed by atoms with E-state index >= 15 is 0 Å². The Morgan fingerprint density at radius 1 is 1.17 bits per heavy atom. The molecular formula is C20H20F3N5O. The van der Waals surface area contributed by atoms with Crippen molar-refractivity contribution in [3.05, 3.63) is 53.7 Å². The standard InChI is InChI=1S/C20H20F3N5O/c1-14(19(29)26-17-4-2-16(3-5-17)20(21,22)23)27-8-10-28(11-9-27)18-12-15(13-24)6-7-25-18/h2-7,12,14H,8-11H2,1H3,(H,26,29). The van der Waals surface area contributed by atoms with Gasteiger partial charge in [0.1, 0.15) is 5.82 Å². The number of nitrogens with one attached hydrogen (secondary N) is 1. The number of nitriles is 1. The highest BCUT2D eigenvalue weighted by Crippen LogP contribution is 2.29. The zero-order valence-corrected chi connectivity index (χ0v) is 15.8. The number of hydrogen-bond donors (Lipinski definition) is 1. The lowest BCUT2D eigenvalue weighted by molar-refractivity contribution is -0.137. The first kappa shape index (κ1) is 20.6. The van der Waals surface area contributed by atoms with Crippen molar-refractivity contribution < 1.29 is 18.0 Å². The van der Waals surface area contributed by atoms with Gasteiger partial charge in [0, 0.05) is 38.1 Å². The Kier molecular flexibility index (Phi) is 6.03. The summed E-state index contributed by atoms with van der Waals surface area (Å²) in [4.78, 5) is 20.8. The van der Waals surface area contributed by atoms with E-state index in [0.29, 0.717) is 37.4 Å². The van der Waals surface area contributed by atoms with Crippen LogP contribution in [0.4, 0.5) is 24.7 Å². The molecule has 1 aromatic carbocycles. The topological polar surface area (TPSA) is 72.3 Å². The van der Waals surface area contributed by atoms with Gasteiger partial charge in [0.15, 0.2) is 0 Å². The molecule has 1 atom stereocenters. The van der Waals surface area contributed by atoms with Crippen molar-refractivity contribution in [2.24, 2.45) is 0 Å². The molecule has 2 heterocycles. The fourth-order valence-corrected chi connectivity index (χ4v) is 3.15. The third-order valence-corrected chi connectivity index (χ3v) is 4.92. The number of aromatic nitrogens is 1. The van der Waals surface area contributed by atoms with Gasteiger partial charge in [-0.3, -0.25) is 9.69 Å². The van der Waals surface area contributed by atoms with E-state index in [9.17, 15) is 18.0 Å². The Labute approximate surface area is 166 Å². The molecule has 29 heavy (non-hydrogen) atoms. The largest absolute Gasteiger partial charge is 0.416 e. The number of benzene rings is 1. The molecule has 9 heteroatoms. The van der Waals surface area contributed by atoms with E-state index in [1.54, 1.807) is 25.3 Å². The Hall–Kier alpha value is -3.12. The molecule has 1 aliphatic rings. The van der Waals surface area contributed by atoms with Crippen LogP contribution in [0.3, 0.4) is 0 Å². The molecule has 0 bridgehead atoms. The van der Waals surface area contributed by atoms with Crippen molar-refractivity contribution in [3.63, 3.8) is 0 Å². The van der Waals surface area contributed by atoms with Gasteiger partial charge in [-0.15, -0.1) is 0 Å². The first-order valence-electron chi connectivity index (χ1n) is 9.11. The molecule has 0 saturated carbocycles. The average Bonchev–Trinajstić information content (AvgIpc) is 2.73. The summed E-state index contributed by atoms with van der Waals surface area (Å²) in [5.41, 5.74) is 0.112. The van der Waals surface area contributed by atoms with Gasteiger partial charge in [-0.25, -0.2) is 4.98 Å². The van der Waals surface area contributed by atoms with Crippen LogP contribution in [0, 0.1) is 11.3 Å². The molecule has 1 saturated heterocycles. The second-order valence-corrected chi connectivity index (χ2v) is 6.78. The van der Waals surface area contributed by atoms with Gasteiger partial charge in [0.25, 0.3) is 0 Å². The van der Waals surface area contributed by atoms with E-state index in [4.69, 9.17) is 5.26 Å². The van der Waals surface area contributed by atoms with Crippen molar-refractivity contribution in [1.29, 1.82) is 5.26 Å². The molecular weight excluding hydrogens is 383 g/mol. The Morgan fingerprint density at radius 3 is 2.41 bits per heavy atom. The summed E-state index contributed by atoms with van der Waals surface area (Å²) in [6.45, 7) is 4.32. The van der Waals surface area contributed by atoms with Crippen LogP contribution in [-0.4, -0.2) is 48.0 Å². The molecule has 1 N–H and O–H groups in total. The summed E-state index contributed by atoms with van der Waals surface area (Å²) in [7, 11) is 0. The zero-order valence-electron chi connectivity index (χ0n) is 15.8. The molecule has 1 aromatic heterocycles. The Morgan fingerprint density at radius 2 is 1.83 bits per heavy atom. The SMILES string of the molecule is CC(C(=O)Nc1ccc(C(F)(F)F)cc1)N1CCN(c2cc(C#N)ccn2)CC1. The minimum Gasteiger partial charge on any atom is -0.354 e. The number of anilines is 2. The normalized spacial score (nSPS) is 16.2. The Bertz CT molecular complexity index is 900. The van der Waals surface area contributed by atoms with Crippen LogP contribution in [0.15, 0.2) is 42.6 Å². The van der Waals surface area contributed by atoms with Crippen LogP contribution in [0.5, 0.6) is 0 Å². The van der Waals surface area contributed by atoms with E-state index < -0.39 is 17.8 Å². The highest BCUT2D eigenvalue weighted by atomic mass is 19.4. The monoisotopic (exact) mass is 403 g/mol. The van der Waals surface area contributed by atoms with E-state index in [-0.39, 0.29) is 5.91 Å². The van der Waals surface area contributed by atoms with Crippen LogP contribution in [0.2, 0.25) is 0 Å². The predicted molar refractivity (Wildman–Crippen MR) is 102 cm³/mol. The summed E-state index contributed by atoms with van der Waals surface area (Å²) in [5, 5.41) is 11.7. The number of halogens is 3. The molecule has 1 unspecified atom stereocenters. The predicted octanol–water partition coefficient (Wildman–Crippen LogP) is 3.12. The number of carbonyl (C=O) groups excluding carboxylic acids is 1. The first-order chi connectivity index (χ1) is 13.8. The van der Waals surface area contributed by atoms with Crippen molar-refractivity contribution in [1.82, 2.24) is 9.88 Å². The maximum atomic E-state index is 12.6. The molecule has 1 aliphatic heterocycles. The van der Waals surface area contributed by atoms with Gasteiger partial charge in [0.2, 0.25) is 5.91 Å². The van der Waals surface area contributed by atoms with Crippen LogP contribution >= 0.6 is 0 Å². The lowest BCUT2D eigenvalue weighted by Gasteiger charge is -2.38. The van der Waals surface area contributed by atoms with Crippen LogP contribution in [0.1, 0.15) is 18.1 Å². The van der Waals surface area contributed by atoms with Crippen molar-refractivity contribution in [2.45, 2.75) is 19.1 Å². The smallest absolute Gasteiger partial charge is 0.354 e. The summed E-state index contributed by atoms with van der Waals surface area (Å²) < 4.78 is 37.9. The Balaban J connectivity index is 1.55. The number of carbonyl (C=O) groups is 1. The quantitative estimate of drug-likeness (QED) is 0.849. The molecule has 0 spiro atoms. The maximum Gasteiger partial charge on any atom is 0.416 e. The molecule has 3 rings (SSSR count). The third-order valence-electron chi connectivity index (χ3n) is 4.92. The second-order valence-electron chi connectivity index (χ2n) is 6.78. The van der Waals surface area contributed by atoms with Crippen molar-refractivity contribution in [3.8, 4) is 6.07 Å². The van der Waals surface area contributed by atoms with Crippen molar-refractivity contribution >= 4 is 17.4 Å². The highest BCUT2D eigenvalue weighted by Gasteiger charge is 2.30. The summed E-state index contributed by atoms with van der Waals surface area (Å²) >= 11 is 0. The van der Waals surface area contributed by atoms with Gasteiger partial charge in [-0.1, -0.05) is 0 Å². The van der Waals surface area contributed by atoms with Gasteiger partial charge >= 0.3 is 6.18 Å². The molecule has 152 valence electrons. The molecule has 0 aliphatic carbocycles. The minimum atomic E-state index is -4.41. The average molecular weight is 403 g/mol. The second kappa shape index (κ2) is 8.49.